The maximum Gasteiger partial charge on any atom is 0.217 e. The van der Waals surface area contributed by atoms with Crippen molar-refractivity contribution in [2.75, 3.05) is 6.54 Å². The van der Waals surface area contributed by atoms with Crippen molar-refractivity contribution < 1.29 is 18.7 Å². The van der Waals surface area contributed by atoms with E-state index in [0.29, 0.717) is 5.56 Å². The molecule has 0 aliphatic heterocycles. The molecule has 1 heterocycles. The molecule has 1 fully saturated rings. The molecule has 2 unspecified atom stereocenters. The van der Waals surface area contributed by atoms with Gasteiger partial charge >= 0.3 is 0 Å². The summed E-state index contributed by atoms with van der Waals surface area (Å²) in [4.78, 5) is 16.3. The molecule has 1 saturated carbocycles. The summed E-state index contributed by atoms with van der Waals surface area (Å²) in [5, 5.41) is 19.5. The predicted octanol–water partition coefficient (Wildman–Crippen LogP) is 4.95. The van der Waals surface area contributed by atoms with Gasteiger partial charge in [0.05, 0.1) is 23.4 Å². The summed E-state index contributed by atoms with van der Waals surface area (Å²) >= 11 is 1.56. The van der Waals surface area contributed by atoms with E-state index in [0.717, 1.165) is 55.0 Å². The Morgan fingerprint density at radius 1 is 1.14 bits per heavy atom. The summed E-state index contributed by atoms with van der Waals surface area (Å²) in [6.45, 7) is 1.59. The fraction of sp³-hybridized carbons (Fsp3) is 0.407. The van der Waals surface area contributed by atoms with Gasteiger partial charge < -0.3 is 15.7 Å². The Hall–Kier alpha value is -2.68. The van der Waals surface area contributed by atoms with Crippen LogP contribution in [0.5, 0.6) is 0 Å². The summed E-state index contributed by atoms with van der Waals surface area (Å²) in [5.74, 6) is -1.68. The monoisotopic (exact) mass is 499 g/mol. The van der Waals surface area contributed by atoms with Crippen LogP contribution in [-0.2, 0) is 16.8 Å². The van der Waals surface area contributed by atoms with E-state index in [1.165, 1.54) is 19.1 Å². The average molecular weight is 500 g/mol. The minimum absolute atomic E-state index is 0.115. The highest BCUT2D eigenvalue weighted by molar-refractivity contribution is 7.07. The van der Waals surface area contributed by atoms with E-state index in [-0.39, 0.29) is 24.4 Å². The Morgan fingerprint density at radius 2 is 1.89 bits per heavy atom. The van der Waals surface area contributed by atoms with Crippen LogP contribution in [0, 0.1) is 11.6 Å². The Morgan fingerprint density at radius 3 is 2.54 bits per heavy atom. The van der Waals surface area contributed by atoms with E-state index < -0.39 is 23.8 Å². The SMILES string of the molecule is CC(=O)NC(Cc1cc(F)cc(F)c1)C(O)CNC1(c2cccc(-c3cscn3)c2)CCCCC1. The lowest BCUT2D eigenvalue weighted by molar-refractivity contribution is -0.120. The average Bonchev–Trinajstić information content (AvgIpc) is 3.37. The number of thiazole rings is 1. The van der Waals surface area contributed by atoms with Gasteiger partial charge in [-0.25, -0.2) is 13.8 Å². The van der Waals surface area contributed by atoms with Crippen LogP contribution in [0.25, 0.3) is 11.3 Å². The molecule has 3 N–H and O–H groups in total. The number of aliphatic hydroxyl groups is 1. The van der Waals surface area contributed by atoms with Gasteiger partial charge in [0.25, 0.3) is 0 Å². The number of nitrogens with one attached hydrogen (secondary N) is 2. The van der Waals surface area contributed by atoms with E-state index in [2.05, 4.69) is 33.8 Å². The van der Waals surface area contributed by atoms with Crippen molar-refractivity contribution in [2.24, 2.45) is 0 Å². The number of carbonyl (C=O) groups excluding carboxylic acids is 1. The Balaban J connectivity index is 1.53. The largest absolute Gasteiger partial charge is 0.390 e. The number of amides is 1. The number of hydrogen-bond donors (Lipinski definition) is 3. The molecule has 8 heteroatoms. The zero-order valence-electron chi connectivity index (χ0n) is 19.8. The summed E-state index contributed by atoms with van der Waals surface area (Å²) in [6, 6.07) is 10.9. The Bertz CT molecular complexity index is 1110. The lowest BCUT2D eigenvalue weighted by atomic mass is 9.76. The van der Waals surface area contributed by atoms with Crippen LogP contribution in [-0.4, -0.2) is 34.7 Å². The number of rotatable bonds is 9. The van der Waals surface area contributed by atoms with E-state index in [1.54, 1.807) is 11.3 Å². The zero-order valence-corrected chi connectivity index (χ0v) is 20.6. The highest BCUT2D eigenvalue weighted by Crippen LogP contribution is 2.38. The maximum atomic E-state index is 13.7. The number of hydrogen-bond acceptors (Lipinski definition) is 5. The molecule has 3 aromatic rings. The molecule has 0 bridgehead atoms. The topological polar surface area (TPSA) is 74.2 Å². The molecule has 1 aliphatic rings. The second-order valence-corrected chi connectivity index (χ2v) is 10.1. The quantitative estimate of drug-likeness (QED) is 0.390. The maximum absolute atomic E-state index is 13.7. The highest BCUT2D eigenvalue weighted by atomic mass is 32.1. The summed E-state index contributed by atoms with van der Waals surface area (Å²) in [5.41, 5.74) is 5.04. The van der Waals surface area contributed by atoms with Crippen molar-refractivity contribution in [3.63, 3.8) is 0 Å². The minimum atomic E-state index is -0.953. The van der Waals surface area contributed by atoms with Crippen molar-refractivity contribution in [3.8, 4) is 11.3 Å². The van der Waals surface area contributed by atoms with E-state index >= 15 is 0 Å². The van der Waals surface area contributed by atoms with Crippen molar-refractivity contribution in [1.29, 1.82) is 0 Å². The number of nitrogens with zero attached hydrogens (tertiary/aromatic N) is 1. The van der Waals surface area contributed by atoms with Gasteiger partial charge in [0.1, 0.15) is 11.6 Å². The van der Waals surface area contributed by atoms with Gasteiger partial charge in [-0.1, -0.05) is 37.5 Å². The first-order valence-electron chi connectivity index (χ1n) is 12.0. The van der Waals surface area contributed by atoms with Crippen LogP contribution in [0.3, 0.4) is 0 Å². The molecule has 1 amide bonds. The molecule has 0 saturated heterocycles. The van der Waals surface area contributed by atoms with Crippen LogP contribution in [0.15, 0.2) is 53.4 Å². The molecular formula is C27H31F2N3O2S. The first-order valence-corrected chi connectivity index (χ1v) is 12.9. The van der Waals surface area contributed by atoms with Crippen LogP contribution in [0.2, 0.25) is 0 Å². The molecule has 4 rings (SSSR count). The third-order valence-corrected chi connectivity index (χ3v) is 7.32. The standard InChI is InChI=1S/C27H31F2N3O2S/c1-18(33)32-24(12-19-10-22(28)14-23(29)11-19)26(34)15-31-27(8-3-2-4-9-27)21-7-5-6-20(13-21)25-16-35-17-30-25/h5-7,10-11,13-14,16-17,24,26,31,34H,2-4,8-9,12,15H2,1H3,(H,32,33). The molecule has 2 aromatic carbocycles. The van der Waals surface area contributed by atoms with Gasteiger partial charge in [0.15, 0.2) is 0 Å². The van der Waals surface area contributed by atoms with Crippen LogP contribution < -0.4 is 10.6 Å². The van der Waals surface area contributed by atoms with Crippen molar-refractivity contribution in [2.45, 2.75) is 63.1 Å². The van der Waals surface area contributed by atoms with Gasteiger partial charge in [-0.2, -0.15) is 0 Å². The van der Waals surface area contributed by atoms with Gasteiger partial charge in [-0.15, -0.1) is 11.3 Å². The third-order valence-electron chi connectivity index (χ3n) is 6.73. The minimum Gasteiger partial charge on any atom is -0.390 e. The summed E-state index contributed by atoms with van der Waals surface area (Å²) in [7, 11) is 0. The van der Waals surface area contributed by atoms with Gasteiger partial charge in [-0.3, -0.25) is 4.79 Å². The highest BCUT2D eigenvalue weighted by Gasteiger charge is 2.35. The normalized spacial score (nSPS) is 17.0. The van der Waals surface area contributed by atoms with Crippen molar-refractivity contribution in [3.05, 3.63) is 76.1 Å². The molecule has 0 spiro atoms. The first kappa shape index (κ1) is 25.4. The molecule has 35 heavy (non-hydrogen) atoms. The number of carbonyl (C=O) groups is 1. The van der Waals surface area contributed by atoms with Crippen molar-refractivity contribution in [1.82, 2.24) is 15.6 Å². The van der Waals surface area contributed by atoms with Crippen LogP contribution >= 0.6 is 11.3 Å². The lowest BCUT2D eigenvalue weighted by Crippen LogP contribution is -2.53. The third kappa shape index (κ3) is 6.51. The van der Waals surface area contributed by atoms with Crippen LogP contribution in [0.1, 0.15) is 50.2 Å². The molecule has 186 valence electrons. The zero-order chi connectivity index (χ0) is 24.8. The fourth-order valence-corrected chi connectivity index (χ4v) is 5.58. The number of aromatic nitrogens is 1. The molecule has 0 radical (unpaired) electrons. The second-order valence-electron chi connectivity index (χ2n) is 9.33. The molecule has 1 aromatic heterocycles. The van der Waals surface area contributed by atoms with E-state index in [4.69, 9.17) is 0 Å². The Labute approximate surface area is 208 Å². The molecule has 1 aliphatic carbocycles. The van der Waals surface area contributed by atoms with Crippen LogP contribution in [0.4, 0.5) is 8.78 Å². The van der Waals surface area contributed by atoms with Gasteiger partial charge in [-0.05, 0) is 48.6 Å². The van der Waals surface area contributed by atoms with E-state index in [1.807, 2.05) is 17.0 Å². The van der Waals surface area contributed by atoms with Gasteiger partial charge in [0.2, 0.25) is 5.91 Å². The van der Waals surface area contributed by atoms with Crippen molar-refractivity contribution >= 4 is 17.2 Å². The fourth-order valence-electron chi connectivity index (χ4n) is 5.02. The molecular weight excluding hydrogens is 468 g/mol. The summed E-state index contributed by atoms with van der Waals surface area (Å²) in [6.07, 6.45) is 4.33. The second kappa shape index (κ2) is 11.4. The number of halogens is 2. The summed E-state index contributed by atoms with van der Waals surface area (Å²) < 4.78 is 27.4. The van der Waals surface area contributed by atoms with Gasteiger partial charge in [0, 0.05) is 36.0 Å². The first-order chi connectivity index (χ1) is 16.8. The Kier molecular flexibility index (Phi) is 8.26. The smallest absolute Gasteiger partial charge is 0.217 e. The number of aliphatic hydroxyl groups excluding tert-OH is 1. The molecule has 5 nitrogen and oxygen atoms in total. The molecule has 2 atom stereocenters. The lowest BCUT2D eigenvalue weighted by Gasteiger charge is -2.40. The number of benzene rings is 2. The predicted molar refractivity (Wildman–Crippen MR) is 134 cm³/mol. The van der Waals surface area contributed by atoms with E-state index in [9.17, 15) is 18.7 Å².